The highest BCUT2D eigenvalue weighted by Gasteiger charge is 2.26. The van der Waals surface area contributed by atoms with Crippen LogP contribution in [0.4, 0.5) is 4.39 Å². The highest BCUT2D eigenvalue weighted by molar-refractivity contribution is 5.92. The lowest BCUT2D eigenvalue weighted by Gasteiger charge is -2.12. The van der Waals surface area contributed by atoms with Crippen LogP contribution < -0.4 is 5.32 Å². The van der Waals surface area contributed by atoms with E-state index in [1.807, 2.05) is 19.3 Å². The molecule has 3 nitrogen and oxygen atoms in total. The summed E-state index contributed by atoms with van der Waals surface area (Å²) in [5.74, 6) is -0.110. The molecule has 1 aromatic rings. The molecule has 0 spiro atoms. The molecule has 1 amide bonds. The van der Waals surface area contributed by atoms with Gasteiger partial charge in [0.05, 0.1) is 0 Å². The molecule has 1 fully saturated rings. The van der Waals surface area contributed by atoms with Crippen molar-refractivity contribution in [2.75, 3.05) is 0 Å². The third-order valence-corrected chi connectivity index (χ3v) is 2.88. The third kappa shape index (κ3) is 2.19. The van der Waals surface area contributed by atoms with Crippen LogP contribution >= 0.6 is 0 Å². The first-order chi connectivity index (χ1) is 7.16. The zero-order valence-corrected chi connectivity index (χ0v) is 8.74. The summed E-state index contributed by atoms with van der Waals surface area (Å²) in [7, 11) is 1.82. The minimum absolute atomic E-state index is 0.00222. The molecule has 1 heterocycles. The van der Waals surface area contributed by atoms with Crippen molar-refractivity contribution >= 4 is 5.91 Å². The van der Waals surface area contributed by atoms with Gasteiger partial charge >= 0.3 is 0 Å². The van der Waals surface area contributed by atoms with Gasteiger partial charge in [0, 0.05) is 19.3 Å². The van der Waals surface area contributed by atoms with E-state index in [-0.39, 0.29) is 11.9 Å². The molecular formula is C11H15FN2O. The van der Waals surface area contributed by atoms with E-state index in [9.17, 15) is 9.18 Å². The summed E-state index contributed by atoms with van der Waals surface area (Å²) >= 11 is 0. The first-order valence-electron chi connectivity index (χ1n) is 5.23. The van der Waals surface area contributed by atoms with Crippen LogP contribution in [0.2, 0.25) is 0 Å². The summed E-state index contributed by atoms with van der Waals surface area (Å²) in [6.45, 7) is 0. The number of carbonyl (C=O) groups excluding carboxylic acids is 1. The molecule has 1 aliphatic carbocycles. The van der Waals surface area contributed by atoms with E-state index in [2.05, 4.69) is 5.32 Å². The van der Waals surface area contributed by atoms with E-state index >= 15 is 0 Å². The average Bonchev–Trinajstić information content (AvgIpc) is 2.75. The van der Waals surface area contributed by atoms with E-state index in [1.165, 1.54) is 0 Å². The smallest absolute Gasteiger partial charge is 0.268 e. The normalized spacial score (nSPS) is 25.5. The van der Waals surface area contributed by atoms with E-state index in [0.29, 0.717) is 18.5 Å². The zero-order chi connectivity index (χ0) is 10.8. The second-order valence-corrected chi connectivity index (χ2v) is 4.09. The van der Waals surface area contributed by atoms with Crippen LogP contribution in [-0.2, 0) is 7.05 Å². The fourth-order valence-electron chi connectivity index (χ4n) is 2.01. The fourth-order valence-corrected chi connectivity index (χ4v) is 2.01. The molecule has 1 saturated carbocycles. The van der Waals surface area contributed by atoms with E-state index in [0.717, 1.165) is 6.42 Å². The number of hydrogen-bond acceptors (Lipinski definition) is 1. The Morgan fingerprint density at radius 2 is 2.40 bits per heavy atom. The molecule has 0 unspecified atom stereocenters. The topological polar surface area (TPSA) is 34.0 Å². The Hall–Kier alpha value is -1.32. The van der Waals surface area contributed by atoms with Crippen molar-refractivity contribution in [3.05, 3.63) is 24.0 Å². The highest BCUT2D eigenvalue weighted by atomic mass is 19.1. The monoisotopic (exact) mass is 210 g/mol. The lowest BCUT2D eigenvalue weighted by molar-refractivity contribution is 0.0928. The lowest BCUT2D eigenvalue weighted by atomic mass is 10.2. The maximum atomic E-state index is 12.9. The van der Waals surface area contributed by atoms with Gasteiger partial charge < -0.3 is 9.88 Å². The molecule has 0 bridgehead atoms. The number of hydrogen-bond donors (Lipinski definition) is 1. The molecule has 2 rings (SSSR count). The van der Waals surface area contributed by atoms with Gasteiger partial charge in [0.2, 0.25) is 0 Å². The third-order valence-electron chi connectivity index (χ3n) is 2.88. The molecule has 0 aromatic carbocycles. The van der Waals surface area contributed by atoms with Crippen molar-refractivity contribution in [1.82, 2.24) is 9.88 Å². The molecular weight excluding hydrogens is 195 g/mol. The molecule has 1 aliphatic rings. The first-order valence-corrected chi connectivity index (χ1v) is 5.23. The van der Waals surface area contributed by atoms with Crippen molar-refractivity contribution in [2.24, 2.45) is 7.05 Å². The quantitative estimate of drug-likeness (QED) is 0.791. The van der Waals surface area contributed by atoms with Crippen LogP contribution in [0.15, 0.2) is 18.3 Å². The van der Waals surface area contributed by atoms with Crippen molar-refractivity contribution in [2.45, 2.75) is 31.5 Å². The van der Waals surface area contributed by atoms with Crippen molar-refractivity contribution < 1.29 is 9.18 Å². The van der Waals surface area contributed by atoms with Gasteiger partial charge in [-0.25, -0.2) is 4.39 Å². The summed E-state index contributed by atoms with van der Waals surface area (Å²) in [5.41, 5.74) is 0.623. The van der Waals surface area contributed by atoms with Gasteiger partial charge in [0.25, 0.3) is 5.91 Å². The highest BCUT2D eigenvalue weighted by Crippen LogP contribution is 2.22. The predicted molar refractivity (Wildman–Crippen MR) is 55.4 cm³/mol. The Labute approximate surface area is 88.3 Å². The lowest BCUT2D eigenvalue weighted by Crippen LogP contribution is -2.34. The van der Waals surface area contributed by atoms with Crippen molar-refractivity contribution in [1.29, 1.82) is 0 Å². The minimum atomic E-state index is -0.747. The van der Waals surface area contributed by atoms with Gasteiger partial charge in [0.15, 0.2) is 0 Å². The molecule has 15 heavy (non-hydrogen) atoms. The SMILES string of the molecule is Cn1cccc1C(=O)N[C@H]1CC[C@H](F)C1. The summed E-state index contributed by atoms with van der Waals surface area (Å²) in [5, 5.41) is 2.85. The Morgan fingerprint density at radius 3 is 2.93 bits per heavy atom. The average molecular weight is 210 g/mol. The van der Waals surface area contributed by atoms with E-state index < -0.39 is 6.17 Å². The van der Waals surface area contributed by atoms with Crippen LogP contribution in [0.1, 0.15) is 29.8 Å². The molecule has 0 radical (unpaired) electrons. The number of rotatable bonds is 2. The fraction of sp³-hybridized carbons (Fsp3) is 0.545. The molecule has 4 heteroatoms. The summed E-state index contributed by atoms with van der Waals surface area (Å²) in [6.07, 6.45) is 2.84. The number of amides is 1. The second-order valence-electron chi connectivity index (χ2n) is 4.09. The van der Waals surface area contributed by atoms with Gasteiger partial charge in [-0.2, -0.15) is 0 Å². The maximum absolute atomic E-state index is 12.9. The van der Waals surface area contributed by atoms with E-state index in [1.54, 1.807) is 10.6 Å². The van der Waals surface area contributed by atoms with Crippen molar-refractivity contribution in [3.8, 4) is 0 Å². The Balaban J connectivity index is 1.96. The summed E-state index contributed by atoms with van der Waals surface area (Å²) in [6, 6.07) is 3.58. The zero-order valence-electron chi connectivity index (χ0n) is 8.74. The van der Waals surface area contributed by atoms with Crippen LogP contribution in [0.5, 0.6) is 0 Å². The van der Waals surface area contributed by atoms with Crippen LogP contribution in [0, 0.1) is 0 Å². The molecule has 0 aliphatic heterocycles. The predicted octanol–water partition coefficient (Wildman–Crippen LogP) is 1.65. The van der Waals surface area contributed by atoms with Gasteiger partial charge in [-0.05, 0) is 31.4 Å². The number of aromatic nitrogens is 1. The number of aryl methyl sites for hydroxylation is 1. The van der Waals surface area contributed by atoms with Gasteiger partial charge in [0.1, 0.15) is 11.9 Å². The Bertz CT molecular complexity index is 361. The maximum Gasteiger partial charge on any atom is 0.268 e. The minimum Gasteiger partial charge on any atom is -0.348 e. The number of carbonyl (C=O) groups is 1. The number of halogens is 1. The molecule has 1 aromatic heterocycles. The van der Waals surface area contributed by atoms with Crippen LogP contribution in [-0.4, -0.2) is 22.7 Å². The van der Waals surface area contributed by atoms with Crippen LogP contribution in [0.25, 0.3) is 0 Å². The van der Waals surface area contributed by atoms with E-state index in [4.69, 9.17) is 0 Å². The molecule has 0 saturated heterocycles. The molecule has 2 atom stereocenters. The van der Waals surface area contributed by atoms with Crippen molar-refractivity contribution in [3.63, 3.8) is 0 Å². The largest absolute Gasteiger partial charge is 0.348 e. The summed E-state index contributed by atoms with van der Waals surface area (Å²) in [4.78, 5) is 11.7. The van der Waals surface area contributed by atoms with Gasteiger partial charge in [-0.15, -0.1) is 0 Å². The molecule has 1 N–H and O–H groups in total. The summed E-state index contributed by atoms with van der Waals surface area (Å²) < 4.78 is 14.7. The number of nitrogens with zero attached hydrogens (tertiary/aromatic N) is 1. The number of alkyl halides is 1. The van der Waals surface area contributed by atoms with Crippen LogP contribution in [0.3, 0.4) is 0 Å². The Kier molecular flexibility index (Phi) is 2.75. The number of nitrogens with one attached hydrogen (secondary N) is 1. The standard InChI is InChI=1S/C11H15FN2O/c1-14-6-2-3-10(14)11(15)13-9-5-4-8(12)7-9/h2-3,6,8-9H,4-5,7H2,1H3,(H,13,15)/t8-,9-/m0/s1. The molecule has 82 valence electrons. The first kappa shape index (κ1) is 10.2. The van der Waals surface area contributed by atoms with Gasteiger partial charge in [-0.1, -0.05) is 0 Å². The van der Waals surface area contributed by atoms with Gasteiger partial charge in [-0.3, -0.25) is 4.79 Å². The Morgan fingerprint density at radius 1 is 1.60 bits per heavy atom. The second kappa shape index (κ2) is 4.04.